The van der Waals surface area contributed by atoms with Gasteiger partial charge in [0.15, 0.2) is 0 Å². The first-order chi connectivity index (χ1) is 16.7. The number of rotatable bonds is 6. The fourth-order valence-electron chi connectivity index (χ4n) is 4.17. The molecule has 3 aromatic rings. The van der Waals surface area contributed by atoms with Crippen molar-refractivity contribution in [3.8, 4) is 5.75 Å². The maximum atomic E-state index is 13.3. The molecule has 7 heteroatoms. The molecule has 0 spiro atoms. The summed E-state index contributed by atoms with van der Waals surface area (Å²) in [6, 6.07) is 18.4. The molecule has 5 nitrogen and oxygen atoms in total. The first-order valence-electron chi connectivity index (χ1n) is 11.3. The number of nitrogens with zero attached hydrogens (tertiary/aromatic N) is 1. The van der Waals surface area contributed by atoms with Gasteiger partial charge in [-0.2, -0.15) is 0 Å². The molecule has 1 atom stereocenters. The van der Waals surface area contributed by atoms with Gasteiger partial charge in [0.05, 0.1) is 28.3 Å². The normalized spacial score (nSPS) is 17.3. The third-order valence-electron chi connectivity index (χ3n) is 5.96. The van der Waals surface area contributed by atoms with Crippen molar-refractivity contribution in [3.63, 3.8) is 0 Å². The van der Waals surface area contributed by atoms with Crippen molar-refractivity contribution in [1.29, 1.82) is 0 Å². The van der Waals surface area contributed by atoms with Gasteiger partial charge in [0, 0.05) is 17.3 Å². The van der Waals surface area contributed by atoms with Crippen LogP contribution in [0.3, 0.4) is 0 Å². The highest BCUT2D eigenvalue weighted by Crippen LogP contribution is 2.43. The Morgan fingerprint density at radius 1 is 1.00 bits per heavy atom. The molecule has 0 aliphatic carbocycles. The van der Waals surface area contributed by atoms with Crippen molar-refractivity contribution >= 4 is 46.3 Å². The number of hydrogen-bond donors (Lipinski definition) is 1. The van der Waals surface area contributed by atoms with E-state index in [9.17, 15) is 14.7 Å². The summed E-state index contributed by atoms with van der Waals surface area (Å²) in [5.74, 6) is -0.949. The largest absolute Gasteiger partial charge is 0.507 e. The molecule has 1 fully saturated rings. The fraction of sp³-hybridized carbons (Fsp3) is 0.214. The molecule has 1 amide bonds. The molecule has 0 saturated carbocycles. The van der Waals surface area contributed by atoms with Crippen molar-refractivity contribution in [2.24, 2.45) is 0 Å². The minimum Gasteiger partial charge on any atom is -0.507 e. The number of aliphatic hydroxyl groups excluding tert-OH is 1. The molecule has 1 N–H and O–H groups in total. The van der Waals surface area contributed by atoms with E-state index in [0.29, 0.717) is 40.1 Å². The lowest BCUT2D eigenvalue weighted by Crippen LogP contribution is -2.29. The van der Waals surface area contributed by atoms with Crippen LogP contribution < -0.4 is 9.64 Å². The molecule has 1 aliphatic rings. The predicted molar refractivity (Wildman–Crippen MR) is 139 cm³/mol. The molecule has 0 bridgehead atoms. The van der Waals surface area contributed by atoms with Crippen LogP contribution in [0.15, 0.2) is 72.3 Å². The van der Waals surface area contributed by atoms with Crippen LogP contribution in [0.2, 0.25) is 10.0 Å². The number of carbonyl (C=O) groups is 2. The van der Waals surface area contributed by atoms with E-state index in [1.54, 1.807) is 30.3 Å². The number of hydrogen-bond acceptors (Lipinski definition) is 4. The maximum Gasteiger partial charge on any atom is 0.300 e. The smallest absolute Gasteiger partial charge is 0.300 e. The van der Waals surface area contributed by atoms with Crippen LogP contribution >= 0.6 is 23.2 Å². The second kappa shape index (κ2) is 10.1. The van der Waals surface area contributed by atoms with Gasteiger partial charge in [0.1, 0.15) is 11.5 Å². The average molecular weight is 510 g/mol. The monoisotopic (exact) mass is 509 g/mol. The second-order valence-corrected chi connectivity index (χ2v) is 9.36. The average Bonchev–Trinajstić information content (AvgIpc) is 3.11. The third-order valence-corrected chi connectivity index (χ3v) is 6.70. The molecule has 1 unspecified atom stereocenters. The number of carbonyl (C=O) groups excluding carboxylic acids is 2. The summed E-state index contributed by atoms with van der Waals surface area (Å²) in [5.41, 5.74) is 2.58. The zero-order valence-electron chi connectivity index (χ0n) is 19.6. The van der Waals surface area contributed by atoms with Gasteiger partial charge in [0.2, 0.25) is 0 Å². The first kappa shape index (κ1) is 24.8. The number of aliphatic hydroxyl groups is 1. The first-order valence-corrected chi connectivity index (χ1v) is 12.1. The van der Waals surface area contributed by atoms with Crippen LogP contribution in [0.1, 0.15) is 49.4 Å². The van der Waals surface area contributed by atoms with E-state index in [0.717, 1.165) is 5.56 Å². The van der Waals surface area contributed by atoms with Crippen LogP contribution in [0.5, 0.6) is 5.75 Å². The van der Waals surface area contributed by atoms with Gasteiger partial charge in [-0.15, -0.1) is 0 Å². The van der Waals surface area contributed by atoms with Crippen molar-refractivity contribution in [2.45, 2.75) is 32.7 Å². The lowest BCUT2D eigenvalue weighted by Gasteiger charge is -2.26. The number of benzene rings is 3. The van der Waals surface area contributed by atoms with Crippen LogP contribution in [0.25, 0.3) is 5.76 Å². The Morgan fingerprint density at radius 3 is 2.34 bits per heavy atom. The van der Waals surface area contributed by atoms with Gasteiger partial charge < -0.3 is 9.84 Å². The van der Waals surface area contributed by atoms with E-state index in [-0.39, 0.29) is 16.4 Å². The number of amides is 1. The highest BCUT2D eigenvalue weighted by atomic mass is 35.5. The van der Waals surface area contributed by atoms with Gasteiger partial charge >= 0.3 is 0 Å². The fourth-order valence-corrected chi connectivity index (χ4v) is 4.46. The Kier molecular flexibility index (Phi) is 7.20. The molecular weight excluding hydrogens is 485 g/mol. The predicted octanol–water partition coefficient (Wildman–Crippen LogP) is 7.14. The zero-order valence-corrected chi connectivity index (χ0v) is 21.1. The third kappa shape index (κ3) is 4.79. The topological polar surface area (TPSA) is 66.8 Å². The molecule has 1 aliphatic heterocycles. The molecule has 180 valence electrons. The molecule has 0 radical (unpaired) electrons. The number of ether oxygens (including phenoxy) is 1. The number of Topliss-reactive ketones (excluding diaryl/α,β-unsaturated/α-hetero) is 1. The van der Waals surface area contributed by atoms with E-state index >= 15 is 0 Å². The summed E-state index contributed by atoms with van der Waals surface area (Å²) in [7, 11) is 0. The van der Waals surface area contributed by atoms with E-state index < -0.39 is 17.7 Å². The van der Waals surface area contributed by atoms with Crippen molar-refractivity contribution in [3.05, 3.63) is 99.0 Å². The minimum atomic E-state index is -0.845. The maximum absolute atomic E-state index is 13.3. The molecule has 4 rings (SSSR count). The zero-order chi connectivity index (χ0) is 25.3. The number of ketones is 1. The summed E-state index contributed by atoms with van der Waals surface area (Å²) in [6.07, 6.45) is 0. The Morgan fingerprint density at radius 2 is 1.71 bits per heavy atom. The standard InChI is InChI=1S/C28H25Cl2NO4/c1-4-35-21-7-5-6-20(15-21)31-25(18-10-8-17(9-11-18)16(2)3)24(27(33)28(31)34)26(32)19-12-13-22(29)23(30)14-19/h5-16,25,32H,4H2,1-3H3/b26-24+. The van der Waals surface area contributed by atoms with Crippen molar-refractivity contribution < 1.29 is 19.4 Å². The Hall–Kier alpha value is -3.28. The quantitative estimate of drug-likeness (QED) is 0.217. The lowest BCUT2D eigenvalue weighted by molar-refractivity contribution is -0.132. The summed E-state index contributed by atoms with van der Waals surface area (Å²) in [4.78, 5) is 28.1. The second-order valence-electron chi connectivity index (χ2n) is 8.55. The summed E-state index contributed by atoms with van der Waals surface area (Å²) in [6.45, 7) is 6.50. The summed E-state index contributed by atoms with van der Waals surface area (Å²) < 4.78 is 5.61. The highest BCUT2D eigenvalue weighted by molar-refractivity contribution is 6.51. The summed E-state index contributed by atoms with van der Waals surface area (Å²) in [5, 5.41) is 11.8. The molecule has 1 heterocycles. The van der Waals surface area contributed by atoms with Crippen molar-refractivity contribution in [1.82, 2.24) is 0 Å². The highest BCUT2D eigenvalue weighted by Gasteiger charge is 2.47. The minimum absolute atomic E-state index is 0.0208. The van der Waals surface area contributed by atoms with Gasteiger partial charge in [0.25, 0.3) is 11.7 Å². The van der Waals surface area contributed by atoms with Crippen LogP contribution in [0.4, 0.5) is 5.69 Å². The van der Waals surface area contributed by atoms with E-state index in [2.05, 4.69) is 13.8 Å². The Labute approximate surface area is 214 Å². The van der Waals surface area contributed by atoms with E-state index in [1.807, 2.05) is 31.2 Å². The van der Waals surface area contributed by atoms with Gasteiger partial charge in [-0.25, -0.2) is 0 Å². The van der Waals surface area contributed by atoms with Crippen LogP contribution in [-0.2, 0) is 9.59 Å². The van der Waals surface area contributed by atoms with E-state index in [4.69, 9.17) is 27.9 Å². The number of anilines is 1. The van der Waals surface area contributed by atoms with Gasteiger partial charge in [-0.05, 0) is 54.3 Å². The Bertz CT molecular complexity index is 1310. The van der Waals surface area contributed by atoms with Gasteiger partial charge in [-0.1, -0.05) is 67.4 Å². The molecular formula is C28H25Cl2NO4. The lowest BCUT2D eigenvalue weighted by atomic mass is 9.93. The Balaban J connectivity index is 1.92. The molecule has 0 aromatic heterocycles. The molecule has 3 aromatic carbocycles. The van der Waals surface area contributed by atoms with E-state index in [1.165, 1.54) is 17.0 Å². The SMILES string of the molecule is CCOc1cccc(N2C(=O)C(=O)/C(=C(/O)c3ccc(Cl)c(Cl)c3)C2c2ccc(C(C)C)cc2)c1. The molecule has 35 heavy (non-hydrogen) atoms. The van der Waals surface area contributed by atoms with Gasteiger partial charge in [-0.3, -0.25) is 14.5 Å². The van der Waals surface area contributed by atoms with Crippen LogP contribution in [0, 0.1) is 0 Å². The number of halogens is 2. The summed E-state index contributed by atoms with van der Waals surface area (Å²) >= 11 is 12.2. The van der Waals surface area contributed by atoms with Crippen molar-refractivity contribution in [2.75, 3.05) is 11.5 Å². The molecule has 1 saturated heterocycles. The van der Waals surface area contributed by atoms with Crippen LogP contribution in [-0.4, -0.2) is 23.4 Å².